The molecule has 1 saturated heterocycles. The quantitative estimate of drug-likeness (QED) is 0.826. The first kappa shape index (κ1) is 17.9. The number of hydrogen-bond donors (Lipinski definition) is 0. The minimum atomic E-state index is -0.153. The Kier molecular flexibility index (Phi) is 4.61. The SMILES string of the molecule is Cc1nn(CC(=O)N2CCCC(c3cc(=O)nc4n3CCC4)C2)c(C)c1C. The first-order chi connectivity index (χ1) is 12.9. The van der Waals surface area contributed by atoms with Crippen molar-refractivity contribution in [1.82, 2.24) is 24.2 Å². The number of carbonyl (C=O) groups is 1. The molecule has 7 nitrogen and oxygen atoms in total. The van der Waals surface area contributed by atoms with Crippen LogP contribution < -0.4 is 5.56 Å². The van der Waals surface area contributed by atoms with Gasteiger partial charge in [-0.1, -0.05) is 0 Å². The average Bonchev–Trinajstić information content (AvgIpc) is 3.21. The second-order valence-electron chi connectivity index (χ2n) is 7.82. The maximum Gasteiger partial charge on any atom is 0.273 e. The van der Waals surface area contributed by atoms with E-state index in [9.17, 15) is 9.59 Å². The summed E-state index contributed by atoms with van der Waals surface area (Å²) >= 11 is 0. The summed E-state index contributed by atoms with van der Waals surface area (Å²) in [6.07, 6.45) is 3.87. The molecular weight excluding hydrogens is 342 g/mol. The molecule has 0 aromatic carbocycles. The normalized spacial score (nSPS) is 19.4. The smallest absolute Gasteiger partial charge is 0.273 e. The Morgan fingerprint density at radius 1 is 1.22 bits per heavy atom. The summed E-state index contributed by atoms with van der Waals surface area (Å²) in [4.78, 5) is 31.0. The fourth-order valence-corrected chi connectivity index (χ4v) is 4.37. The van der Waals surface area contributed by atoms with E-state index in [1.807, 2.05) is 30.4 Å². The lowest BCUT2D eigenvalue weighted by molar-refractivity contribution is -0.133. The maximum atomic E-state index is 12.9. The Bertz CT molecular complexity index is 943. The topological polar surface area (TPSA) is 73.0 Å². The molecule has 4 rings (SSSR count). The van der Waals surface area contributed by atoms with Crippen LogP contribution in [-0.4, -0.2) is 43.2 Å². The van der Waals surface area contributed by atoms with Gasteiger partial charge in [-0.2, -0.15) is 10.1 Å². The molecule has 144 valence electrons. The summed E-state index contributed by atoms with van der Waals surface area (Å²) in [6.45, 7) is 8.67. The Balaban J connectivity index is 1.52. The Labute approximate surface area is 159 Å². The van der Waals surface area contributed by atoms with Crippen molar-refractivity contribution in [3.8, 4) is 0 Å². The van der Waals surface area contributed by atoms with Gasteiger partial charge in [0.15, 0.2) is 0 Å². The molecule has 1 fully saturated rings. The van der Waals surface area contributed by atoms with E-state index in [0.717, 1.165) is 67.2 Å². The monoisotopic (exact) mass is 369 g/mol. The molecule has 0 saturated carbocycles. The van der Waals surface area contributed by atoms with Gasteiger partial charge in [-0.15, -0.1) is 0 Å². The van der Waals surface area contributed by atoms with Crippen LogP contribution in [0, 0.1) is 20.8 Å². The summed E-state index contributed by atoms with van der Waals surface area (Å²) in [5.74, 6) is 1.21. The predicted molar refractivity (Wildman–Crippen MR) is 102 cm³/mol. The highest BCUT2D eigenvalue weighted by molar-refractivity contribution is 5.76. The van der Waals surface area contributed by atoms with Gasteiger partial charge in [0.2, 0.25) is 5.91 Å². The molecule has 27 heavy (non-hydrogen) atoms. The zero-order chi connectivity index (χ0) is 19.1. The van der Waals surface area contributed by atoms with E-state index in [2.05, 4.69) is 14.6 Å². The van der Waals surface area contributed by atoms with Crippen LogP contribution in [0.5, 0.6) is 0 Å². The fraction of sp³-hybridized carbons (Fsp3) is 0.600. The van der Waals surface area contributed by atoms with Crippen LogP contribution in [0.4, 0.5) is 0 Å². The van der Waals surface area contributed by atoms with Crippen LogP contribution in [0.1, 0.15) is 53.7 Å². The van der Waals surface area contributed by atoms with Crippen molar-refractivity contribution in [2.45, 2.75) is 65.5 Å². The molecule has 1 amide bonds. The summed E-state index contributed by atoms with van der Waals surface area (Å²) in [7, 11) is 0. The van der Waals surface area contributed by atoms with Crippen molar-refractivity contribution in [3.63, 3.8) is 0 Å². The van der Waals surface area contributed by atoms with Gasteiger partial charge in [-0.05, 0) is 45.6 Å². The van der Waals surface area contributed by atoms with E-state index < -0.39 is 0 Å². The van der Waals surface area contributed by atoms with Gasteiger partial charge in [0.05, 0.1) is 5.69 Å². The van der Waals surface area contributed by atoms with Crippen molar-refractivity contribution in [2.75, 3.05) is 13.1 Å². The van der Waals surface area contributed by atoms with Gasteiger partial charge in [0, 0.05) is 49.4 Å². The van der Waals surface area contributed by atoms with Gasteiger partial charge in [-0.25, -0.2) is 0 Å². The largest absolute Gasteiger partial charge is 0.340 e. The number of nitrogens with zero attached hydrogens (tertiary/aromatic N) is 5. The third-order valence-electron chi connectivity index (χ3n) is 6.14. The van der Waals surface area contributed by atoms with Crippen molar-refractivity contribution in [2.24, 2.45) is 0 Å². The minimum absolute atomic E-state index is 0.100. The molecule has 2 aliphatic rings. The van der Waals surface area contributed by atoms with E-state index in [1.54, 1.807) is 6.07 Å². The van der Waals surface area contributed by atoms with Crippen molar-refractivity contribution in [3.05, 3.63) is 44.9 Å². The molecule has 7 heteroatoms. The number of amides is 1. The van der Waals surface area contributed by atoms with Crippen LogP contribution >= 0.6 is 0 Å². The molecule has 2 aromatic rings. The van der Waals surface area contributed by atoms with E-state index in [4.69, 9.17) is 0 Å². The average molecular weight is 369 g/mol. The summed E-state index contributed by atoms with van der Waals surface area (Å²) in [5, 5.41) is 4.50. The lowest BCUT2D eigenvalue weighted by atomic mass is 9.94. The van der Waals surface area contributed by atoms with Gasteiger partial charge in [0.25, 0.3) is 5.56 Å². The molecule has 0 spiro atoms. The molecule has 0 radical (unpaired) electrons. The van der Waals surface area contributed by atoms with E-state index in [-0.39, 0.29) is 23.9 Å². The first-order valence-electron chi connectivity index (χ1n) is 9.83. The molecule has 0 N–H and O–H groups in total. The van der Waals surface area contributed by atoms with Gasteiger partial charge in [-0.3, -0.25) is 14.3 Å². The van der Waals surface area contributed by atoms with Crippen LogP contribution in [0.25, 0.3) is 0 Å². The molecule has 0 aliphatic carbocycles. The minimum Gasteiger partial charge on any atom is -0.340 e. The number of piperidine rings is 1. The van der Waals surface area contributed by atoms with E-state index in [0.29, 0.717) is 6.54 Å². The fourth-order valence-electron chi connectivity index (χ4n) is 4.37. The molecular formula is C20H27N5O2. The summed E-state index contributed by atoms with van der Waals surface area (Å²) in [5.41, 5.74) is 4.07. The summed E-state index contributed by atoms with van der Waals surface area (Å²) < 4.78 is 4.01. The zero-order valence-corrected chi connectivity index (χ0v) is 16.4. The van der Waals surface area contributed by atoms with Gasteiger partial charge < -0.3 is 9.47 Å². The molecule has 0 bridgehead atoms. The molecule has 1 unspecified atom stereocenters. The number of likely N-dealkylation sites (tertiary alicyclic amines) is 1. The maximum absolute atomic E-state index is 12.9. The van der Waals surface area contributed by atoms with Crippen molar-refractivity contribution < 1.29 is 4.79 Å². The number of carbonyl (C=O) groups excluding carboxylic acids is 1. The van der Waals surface area contributed by atoms with E-state index in [1.165, 1.54) is 0 Å². The van der Waals surface area contributed by atoms with Gasteiger partial charge >= 0.3 is 0 Å². The van der Waals surface area contributed by atoms with E-state index >= 15 is 0 Å². The third-order valence-corrected chi connectivity index (χ3v) is 6.14. The third kappa shape index (κ3) is 3.31. The van der Waals surface area contributed by atoms with Gasteiger partial charge in [0.1, 0.15) is 12.4 Å². The molecule has 2 aliphatic heterocycles. The highest BCUT2D eigenvalue weighted by atomic mass is 16.2. The van der Waals surface area contributed by atoms with Crippen LogP contribution in [0.2, 0.25) is 0 Å². The molecule has 1 atom stereocenters. The van der Waals surface area contributed by atoms with Crippen LogP contribution in [0.3, 0.4) is 0 Å². The summed E-state index contributed by atoms with van der Waals surface area (Å²) in [6, 6.07) is 1.68. The van der Waals surface area contributed by atoms with Crippen LogP contribution in [-0.2, 0) is 24.3 Å². The number of aromatic nitrogens is 4. The number of fused-ring (bicyclic) bond motifs is 1. The second kappa shape index (κ2) is 6.94. The predicted octanol–water partition coefficient (Wildman–Crippen LogP) is 1.72. The van der Waals surface area contributed by atoms with Crippen molar-refractivity contribution >= 4 is 5.91 Å². The lowest BCUT2D eigenvalue weighted by Crippen LogP contribution is -2.42. The highest BCUT2D eigenvalue weighted by Gasteiger charge is 2.29. The number of rotatable bonds is 3. The highest BCUT2D eigenvalue weighted by Crippen LogP contribution is 2.28. The standard InChI is InChI=1S/C20H27N5O2/c1-13-14(2)22-25(15(13)3)12-20(27)23-8-4-6-16(11-23)17-10-19(26)21-18-7-5-9-24(17)18/h10,16H,4-9,11-12H2,1-3H3. The first-order valence-corrected chi connectivity index (χ1v) is 9.83. The Hall–Kier alpha value is -2.44. The zero-order valence-electron chi connectivity index (χ0n) is 16.4. The number of hydrogen-bond acceptors (Lipinski definition) is 4. The van der Waals surface area contributed by atoms with Crippen molar-refractivity contribution in [1.29, 1.82) is 0 Å². The molecule has 2 aromatic heterocycles. The Morgan fingerprint density at radius 2 is 2.04 bits per heavy atom. The second-order valence-corrected chi connectivity index (χ2v) is 7.82. The lowest BCUT2D eigenvalue weighted by Gasteiger charge is -2.34. The van der Waals surface area contributed by atoms with Crippen LogP contribution in [0.15, 0.2) is 10.9 Å². The number of aryl methyl sites for hydroxylation is 2. The Morgan fingerprint density at radius 3 is 2.78 bits per heavy atom. The molecule has 4 heterocycles.